The van der Waals surface area contributed by atoms with Crippen molar-refractivity contribution in [2.75, 3.05) is 6.54 Å². The molecule has 1 fully saturated rings. The molecule has 0 bridgehead atoms. The molecule has 1 aliphatic heterocycles. The van der Waals surface area contributed by atoms with Crippen LogP contribution in [0, 0.1) is 0 Å². The molecule has 0 spiro atoms. The third-order valence-electron chi connectivity index (χ3n) is 4.94. The zero-order valence-electron chi connectivity index (χ0n) is 13.4. The fourth-order valence-electron chi connectivity index (χ4n) is 3.48. The molecule has 5 rings (SSSR count). The molecule has 0 radical (unpaired) electrons. The summed E-state index contributed by atoms with van der Waals surface area (Å²) in [7, 11) is 0. The fourth-order valence-corrected chi connectivity index (χ4v) is 3.48. The van der Waals surface area contributed by atoms with E-state index in [1.807, 2.05) is 22.8 Å². The molecule has 1 saturated carbocycles. The van der Waals surface area contributed by atoms with Crippen molar-refractivity contribution < 1.29 is 0 Å². The van der Waals surface area contributed by atoms with Crippen molar-refractivity contribution in [2.24, 2.45) is 0 Å². The molecule has 3 aromatic heterocycles. The summed E-state index contributed by atoms with van der Waals surface area (Å²) in [6, 6.07) is 8.15. The topological polar surface area (TPSA) is 66.3 Å². The molecule has 4 heterocycles. The molecule has 6 heteroatoms. The van der Waals surface area contributed by atoms with Crippen molar-refractivity contribution in [3.8, 4) is 0 Å². The number of nitrogens with zero attached hydrogens (tertiary/aromatic N) is 4. The lowest BCUT2D eigenvalue weighted by molar-refractivity contribution is 0.238. The van der Waals surface area contributed by atoms with Crippen LogP contribution in [0.5, 0.6) is 0 Å². The molecule has 24 heavy (non-hydrogen) atoms. The van der Waals surface area contributed by atoms with Crippen LogP contribution >= 0.6 is 0 Å². The number of aromatic amines is 1. The quantitative estimate of drug-likeness (QED) is 0.799. The van der Waals surface area contributed by atoms with Gasteiger partial charge in [-0.25, -0.2) is 9.50 Å². The highest BCUT2D eigenvalue weighted by molar-refractivity contribution is 5.46. The van der Waals surface area contributed by atoms with Crippen molar-refractivity contribution in [1.29, 1.82) is 0 Å². The minimum Gasteiger partial charge on any atom is -0.310 e. The van der Waals surface area contributed by atoms with Gasteiger partial charge in [0.05, 0.1) is 22.5 Å². The summed E-state index contributed by atoms with van der Waals surface area (Å²) in [5.74, 6) is 1.38. The average Bonchev–Trinajstić information content (AvgIpc) is 3.35. The first-order valence-electron chi connectivity index (χ1n) is 8.54. The normalized spacial score (nSPS) is 18.0. The second-order valence-corrected chi connectivity index (χ2v) is 6.82. The van der Waals surface area contributed by atoms with Gasteiger partial charge in [0.25, 0.3) is 5.56 Å². The van der Waals surface area contributed by atoms with E-state index in [0.29, 0.717) is 12.5 Å². The molecular weight excluding hydrogens is 302 g/mol. The Balaban J connectivity index is 1.39. The summed E-state index contributed by atoms with van der Waals surface area (Å²) >= 11 is 0. The molecule has 6 nitrogen and oxygen atoms in total. The lowest BCUT2D eigenvalue weighted by Gasteiger charge is -2.26. The van der Waals surface area contributed by atoms with E-state index in [1.165, 1.54) is 0 Å². The maximum absolute atomic E-state index is 12.4. The van der Waals surface area contributed by atoms with Gasteiger partial charge in [0.15, 0.2) is 0 Å². The van der Waals surface area contributed by atoms with Crippen molar-refractivity contribution in [2.45, 2.75) is 38.3 Å². The lowest BCUT2D eigenvalue weighted by Crippen LogP contribution is -2.35. The monoisotopic (exact) mass is 321 g/mol. The molecule has 0 aromatic carbocycles. The SMILES string of the molecule is O=c1[nH]c(C2CC2)nc2c1CN(Cc1cc3ccccn3n1)CC2. The molecule has 0 saturated heterocycles. The van der Waals surface area contributed by atoms with E-state index in [-0.39, 0.29) is 5.56 Å². The minimum absolute atomic E-state index is 0.0431. The fraction of sp³-hybridized carbons (Fsp3) is 0.389. The van der Waals surface area contributed by atoms with Gasteiger partial charge in [-0.3, -0.25) is 9.69 Å². The van der Waals surface area contributed by atoms with Gasteiger partial charge in [-0.15, -0.1) is 0 Å². The number of aromatic nitrogens is 4. The maximum atomic E-state index is 12.4. The number of hydrogen-bond acceptors (Lipinski definition) is 4. The Morgan fingerprint density at radius 3 is 3.04 bits per heavy atom. The molecule has 3 aromatic rings. The van der Waals surface area contributed by atoms with Crippen LogP contribution in [-0.2, 0) is 19.5 Å². The van der Waals surface area contributed by atoms with Gasteiger partial charge >= 0.3 is 0 Å². The first-order valence-corrected chi connectivity index (χ1v) is 8.54. The molecule has 0 amide bonds. The number of nitrogens with one attached hydrogen (secondary N) is 1. The number of hydrogen-bond donors (Lipinski definition) is 1. The predicted molar refractivity (Wildman–Crippen MR) is 89.8 cm³/mol. The highest BCUT2D eigenvalue weighted by Crippen LogP contribution is 2.37. The summed E-state index contributed by atoms with van der Waals surface area (Å²) in [5.41, 5.74) is 3.99. The average molecular weight is 321 g/mol. The molecule has 122 valence electrons. The van der Waals surface area contributed by atoms with E-state index in [1.54, 1.807) is 0 Å². The summed E-state index contributed by atoms with van der Waals surface area (Å²) < 4.78 is 1.89. The summed E-state index contributed by atoms with van der Waals surface area (Å²) in [5, 5.41) is 4.60. The van der Waals surface area contributed by atoms with E-state index in [9.17, 15) is 4.79 Å². The van der Waals surface area contributed by atoms with Crippen molar-refractivity contribution in [3.05, 3.63) is 63.6 Å². The molecule has 0 atom stereocenters. The van der Waals surface area contributed by atoms with Gasteiger partial charge in [-0.1, -0.05) is 6.07 Å². The maximum Gasteiger partial charge on any atom is 0.255 e. The third kappa shape index (κ3) is 2.43. The third-order valence-corrected chi connectivity index (χ3v) is 4.94. The second kappa shape index (κ2) is 5.27. The van der Waals surface area contributed by atoms with Gasteiger partial charge in [-0.2, -0.15) is 5.10 Å². The zero-order valence-corrected chi connectivity index (χ0v) is 13.4. The van der Waals surface area contributed by atoms with E-state index in [2.05, 4.69) is 27.1 Å². The molecule has 1 N–H and O–H groups in total. The number of H-pyrrole nitrogens is 1. The second-order valence-electron chi connectivity index (χ2n) is 6.82. The number of pyridine rings is 1. The van der Waals surface area contributed by atoms with E-state index in [4.69, 9.17) is 4.98 Å². The Morgan fingerprint density at radius 2 is 2.21 bits per heavy atom. The van der Waals surface area contributed by atoms with Crippen molar-refractivity contribution in [1.82, 2.24) is 24.5 Å². The highest BCUT2D eigenvalue weighted by atomic mass is 16.1. The minimum atomic E-state index is 0.0431. The van der Waals surface area contributed by atoms with Crippen molar-refractivity contribution in [3.63, 3.8) is 0 Å². The first-order chi connectivity index (χ1) is 11.8. The Morgan fingerprint density at radius 1 is 1.29 bits per heavy atom. The van der Waals surface area contributed by atoms with Crippen LogP contribution < -0.4 is 5.56 Å². The molecule has 2 aliphatic rings. The van der Waals surface area contributed by atoms with Crippen LogP contribution in [0.25, 0.3) is 5.52 Å². The predicted octanol–water partition coefficient (Wildman–Crippen LogP) is 1.85. The number of fused-ring (bicyclic) bond motifs is 2. The van der Waals surface area contributed by atoms with E-state index < -0.39 is 0 Å². The lowest BCUT2D eigenvalue weighted by atomic mass is 10.1. The largest absolute Gasteiger partial charge is 0.310 e. The molecular formula is C18H19N5O. The Labute approximate surface area is 139 Å². The summed E-state index contributed by atoms with van der Waals surface area (Å²) in [4.78, 5) is 22.4. The standard InChI is InChI=1S/C18H19N5O/c24-18-15-11-22(8-6-16(15)19-17(20-18)12-4-5-12)10-13-9-14-3-1-2-7-23(14)21-13/h1-3,7,9,12H,4-6,8,10-11H2,(H,19,20,24). The van der Waals surface area contributed by atoms with Gasteiger partial charge in [0.1, 0.15) is 5.82 Å². The van der Waals surface area contributed by atoms with E-state index in [0.717, 1.165) is 60.6 Å². The number of rotatable bonds is 3. The molecule has 1 aliphatic carbocycles. The Hall–Kier alpha value is -2.47. The first kappa shape index (κ1) is 13.9. The van der Waals surface area contributed by atoms with Crippen LogP contribution in [0.1, 0.15) is 41.5 Å². The van der Waals surface area contributed by atoms with Gasteiger partial charge in [0, 0.05) is 38.2 Å². The van der Waals surface area contributed by atoms with E-state index >= 15 is 0 Å². The summed E-state index contributed by atoms with van der Waals surface area (Å²) in [6.07, 6.45) is 5.11. The zero-order chi connectivity index (χ0) is 16.1. The summed E-state index contributed by atoms with van der Waals surface area (Å²) in [6.45, 7) is 2.32. The smallest absolute Gasteiger partial charge is 0.255 e. The van der Waals surface area contributed by atoms with Crippen LogP contribution in [0.3, 0.4) is 0 Å². The Bertz CT molecular complexity index is 936. The van der Waals surface area contributed by atoms with Crippen LogP contribution in [0.2, 0.25) is 0 Å². The van der Waals surface area contributed by atoms with Crippen LogP contribution in [-0.4, -0.2) is 31.0 Å². The van der Waals surface area contributed by atoms with Gasteiger partial charge < -0.3 is 4.98 Å². The van der Waals surface area contributed by atoms with Crippen LogP contribution in [0.15, 0.2) is 35.3 Å². The van der Waals surface area contributed by atoms with Crippen molar-refractivity contribution >= 4 is 5.52 Å². The van der Waals surface area contributed by atoms with Gasteiger partial charge in [-0.05, 0) is 31.0 Å². The van der Waals surface area contributed by atoms with Crippen LogP contribution in [0.4, 0.5) is 0 Å². The Kier molecular flexibility index (Phi) is 3.06. The highest BCUT2D eigenvalue weighted by Gasteiger charge is 2.29. The van der Waals surface area contributed by atoms with Gasteiger partial charge in [0.2, 0.25) is 0 Å². The molecule has 0 unspecified atom stereocenters.